The number of fused-ring (bicyclic) bond motifs is 2. The standard InChI is InChI=1S/C17H28N2O2/c20-16(11-13-9-14-1-2-15(10-13)18-14)19-6-3-17(12-19)4-7-21-8-5-17/h13-15,18H,1-12H2. The van der Waals surface area contributed by atoms with Crippen molar-refractivity contribution in [1.82, 2.24) is 10.2 Å². The van der Waals surface area contributed by atoms with Crippen LogP contribution >= 0.6 is 0 Å². The molecule has 4 fully saturated rings. The van der Waals surface area contributed by atoms with Gasteiger partial charge >= 0.3 is 0 Å². The SMILES string of the molecule is O=C(CC1CC2CCC(C1)N2)N1CCC2(CCOCC2)C1. The van der Waals surface area contributed by atoms with Gasteiger partial charge in [0.2, 0.25) is 5.91 Å². The van der Waals surface area contributed by atoms with Crippen molar-refractivity contribution in [3.63, 3.8) is 0 Å². The summed E-state index contributed by atoms with van der Waals surface area (Å²) in [5.74, 6) is 1.05. The van der Waals surface area contributed by atoms with Gasteiger partial charge in [0.05, 0.1) is 0 Å². The zero-order valence-corrected chi connectivity index (χ0v) is 13.0. The second kappa shape index (κ2) is 5.54. The molecule has 0 aromatic rings. The number of likely N-dealkylation sites (tertiary alicyclic amines) is 1. The van der Waals surface area contributed by atoms with Gasteiger partial charge < -0.3 is 15.0 Å². The smallest absolute Gasteiger partial charge is 0.222 e. The number of nitrogens with zero attached hydrogens (tertiary/aromatic N) is 1. The Hall–Kier alpha value is -0.610. The maximum Gasteiger partial charge on any atom is 0.222 e. The molecule has 1 spiro atoms. The van der Waals surface area contributed by atoms with Crippen LogP contribution in [0.3, 0.4) is 0 Å². The third-order valence-electron chi connectivity index (χ3n) is 6.38. The molecule has 4 saturated heterocycles. The predicted octanol–water partition coefficient (Wildman–Crippen LogP) is 1.94. The van der Waals surface area contributed by atoms with Crippen molar-refractivity contribution < 1.29 is 9.53 Å². The Morgan fingerprint density at radius 1 is 1.14 bits per heavy atom. The minimum absolute atomic E-state index is 0.390. The molecule has 0 saturated carbocycles. The highest BCUT2D eigenvalue weighted by Crippen LogP contribution is 2.40. The van der Waals surface area contributed by atoms with Gasteiger partial charge in [-0.25, -0.2) is 0 Å². The largest absolute Gasteiger partial charge is 0.381 e. The quantitative estimate of drug-likeness (QED) is 0.845. The lowest BCUT2D eigenvalue weighted by Gasteiger charge is -2.33. The van der Waals surface area contributed by atoms with Crippen LogP contribution in [0.1, 0.15) is 51.4 Å². The van der Waals surface area contributed by atoms with Crippen LogP contribution in [0.2, 0.25) is 0 Å². The maximum atomic E-state index is 12.6. The molecule has 4 rings (SSSR count). The molecule has 21 heavy (non-hydrogen) atoms. The zero-order chi connectivity index (χ0) is 14.3. The number of amides is 1. The lowest BCUT2D eigenvalue weighted by molar-refractivity contribution is -0.132. The molecule has 2 bridgehead atoms. The van der Waals surface area contributed by atoms with Crippen LogP contribution in [0.5, 0.6) is 0 Å². The van der Waals surface area contributed by atoms with Crippen LogP contribution in [-0.4, -0.2) is 49.2 Å². The summed E-state index contributed by atoms with van der Waals surface area (Å²) >= 11 is 0. The summed E-state index contributed by atoms with van der Waals surface area (Å²) in [5, 5.41) is 3.67. The first-order valence-corrected chi connectivity index (χ1v) is 8.84. The summed E-state index contributed by atoms with van der Waals surface area (Å²) in [7, 11) is 0. The van der Waals surface area contributed by atoms with Crippen molar-refractivity contribution in [3.8, 4) is 0 Å². The van der Waals surface area contributed by atoms with E-state index in [1.165, 1.54) is 32.1 Å². The highest BCUT2D eigenvalue weighted by molar-refractivity contribution is 5.76. The fraction of sp³-hybridized carbons (Fsp3) is 0.941. The predicted molar refractivity (Wildman–Crippen MR) is 81.0 cm³/mol. The van der Waals surface area contributed by atoms with Gasteiger partial charge in [-0.15, -0.1) is 0 Å². The Labute approximate surface area is 127 Å². The fourth-order valence-corrected chi connectivity index (χ4v) is 5.08. The first-order valence-electron chi connectivity index (χ1n) is 8.84. The van der Waals surface area contributed by atoms with Crippen LogP contribution in [0, 0.1) is 11.3 Å². The molecule has 4 heteroatoms. The molecule has 4 heterocycles. The number of rotatable bonds is 2. The van der Waals surface area contributed by atoms with Crippen LogP contribution in [0.25, 0.3) is 0 Å². The van der Waals surface area contributed by atoms with E-state index in [9.17, 15) is 4.79 Å². The summed E-state index contributed by atoms with van der Waals surface area (Å²) < 4.78 is 5.49. The van der Waals surface area contributed by atoms with E-state index in [0.717, 1.165) is 45.6 Å². The molecule has 1 amide bonds. The highest BCUT2D eigenvalue weighted by Gasteiger charge is 2.42. The van der Waals surface area contributed by atoms with Gasteiger partial charge in [-0.1, -0.05) is 0 Å². The third-order valence-corrected chi connectivity index (χ3v) is 6.38. The average molecular weight is 292 g/mol. The van der Waals surface area contributed by atoms with Crippen molar-refractivity contribution in [2.24, 2.45) is 11.3 Å². The minimum atomic E-state index is 0.390. The van der Waals surface area contributed by atoms with Crippen molar-refractivity contribution in [2.45, 2.75) is 63.5 Å². The molecule has 4 aliphatic rings. The second-order valence-electron chi connectivity index (χ2n) is 7.86. The lowest BCUT2D eigenvalue weighted by atomic mass is 9.80. The van der Waals surface area contributed by atoms with Gasteiger partial charge in [0.1, 0.15) is 0 Å². The highest BCUT2D eigenvalue weighted by atomic mass is 16.5. The summed E-state index contributed by atoms with van der Waals surface area (Å²) in [5.41, 5.74) is 0.390. The molecule has 0 radical (unpaired) electrons. The van der Waals surface area contributed by atoms with Gasteiger partial charge in [0.25, 0.3) is 0 Å². The number of piperidine rings is 1. The Bertz CT molecular complexity index is 394. The van der Waals surface area contributed by atoms with E-state index >= 15 is 0 Å². The summed E-state index contributed by atoms with van der Waals surface area (Å²) in [6.07, 6.45) is 9.36. The van der Waals surface area contributed by atoms with Crippen molar-refractivity contribution in [2.75, 3.05) is 26.3 Å². The summed E-state index contributed by atoms with van der Waals surface area (Å²) in [6, 6.07) is 1.39. The van der Waals surface area contributed by atoms with Crippen LogP contribution in [0.4, 0.5) is 0 Å². The molecule has 0 aliphatic carbocycles. The summed E-state index contributed by atoms with van der Waals surface area (Å²) in [4.78, 5) is 14.8. The molecular formula is C17H28N2O2. The minimum Gasteiger partial charge on any atom is -0.381 e. The monoisotopic (exact) mass is 292 g/mol. The van der Waals surface area contributed by atoms with Gasteiger partial charge in [-0.2, -0.15) is 0 Å². The lowest BCUT2D eigenvalue weighted by Crippen LogP contribution is -2.41. The molecule has 1 N–H and O–H groups in total. The first-order chi connectivity index (χ1) is 10.2. The van der Waals surface area contributed by atoms with Crippen LogP contribution < -0.4 is 5.32 Å². The van der Waals surface area contributed by atoms with E-state index in [0.29, 0.717) is 29.3 Å². The van der Waals surface area contributed by atoms with Crippen LogP contribution in [-0.2, 0) is 9.53 Å². The molecule has 0 aromatic heterocycles. The third kappa shape index (κ3) is 2.85. The Balaban J connectivity index is 1.31. The number of carbonyl (C=O) groups excluding carboxylic acids is 1. The molecule has 4 nitrogen and oxygen atoms in total. The normalized spacial score (nSPS) is 38.1. The fourth-order valence-electron chi connectivity index (χ4n) is 5.08. The molecule has 0 aromatic carbocycles. The van der Waals surface area contributed by atoms with Crippen molar-refractivity contribution in [3.05, 3.63) is 0 Å². The van der Waals surface area contributed by atoms with E-state index in [1.807, 2.05) is 0 Å². The van der Waals surface area contributed by atoms with Crippen molar-refractivity contribution in [1.29, 1.82) is 0 Å². The average Bonchev–Trinajstić information content (AvgIpc) is 3.04. The summed E-state index contributed by atoms with van der Waals surface area (Å²) in [6.45, 7) is 3.75. The van der Waals surface area contributed by atoms with E-state index in [-0.39, 0.29) is 0 Å². The van der Waals surface area contributed by atoms with E-state index in [1.54, 1.807) is 0 Å². The number of carbonyl (C=O) groups is 1. The van der Waals surface area contributed by atoms with Gasteiger partial charge in [0, 0.05) is 44.8 Å². The molecule has 2 atom stereocenters. The van der Waals surface area contributed by atoms with Crippen LogP contribution in [0.15, 0.2) is 0 Å². The number of hydrogen-bond acceptors (Lipinski definition) is 3. The molecule has 118 valence electrons. The number of nitrogens with one attached hydrogen (secondary N) is 1. The zero-order valence-electron chi connectivity index (χ0n) is 13.0. The topological polar surface area (TPSA) is 41.6 Å². The van der Waals surface area contributed by atoms with E-state index < -0.39 is 0 Å². The van der Waals surface area contributed by atoms with Gasteiger partial charge in [-0.3, -0.25) is 4.79 Å². The molecular weight excluding hydrogens is 264 g/mol. The number of hydrogen-bond donors (Lipinski definition) is 1. The second-order valence-corrected chi connectivity index (χ2v) is 7.86. The maximum absolute atomic E-state index is 12.6. The number of ether oxygens (including phenoxy) is 1. The van der Waals surface area contributed by atoms with Crippen molar-refractivity contribution >= 4 is 5.91 Å². The Kier molecular flexibility index (Phi) is 3.70. The molecule has 2 unspecified atom stereocenters. The molecule has 4 aliphatic heterocycles. The van der Waals surface area contributed by atoms with Gasteiger partial charge in [0.15, 0.2) is 0 Å². The van der Waals surface area contributed by atoms with Gasteiger partial charge in [-0.05, 0) is 56.3 Å². The Morgan fingerprint density at radius 3 is 2.57 bits per heavy atom. The Morgan fingerprint density at radius 2 is 1.86 bits per heavy atom. The van der Waals surface area contributed by atoms with E-state index in [2.05, 4.69) is 10.2 Å². The van der Waals surface area contributed by atoms with E-state index in [4.69, 9.17) is 4.74 Å². The first kappa shape index (κ1) is 14.0.